The Morgan fingerprint density at radius 3 is 2.58 bits per heavy atom. The topological polar surface area (TPSA) is 64.0 Å². The molecule has 0 saturated carbocycles. The molecule has 1 aromatic carbocycles. The monoisotopic (exact) mass is 407 g/mol. The van der Waals surface area contributed by atoms with Crippen LogP contribution < -0.4 is 10.9 Å². The van der Waals surface area contributed by atoms with Gasteiger partial charge >= 0.3 is 0 Å². The van der Waals surface area contributed by atoms with Gasteiger partial charge in [-0.2, -0.15) is 5.10 Å². The van der Waals surface area contributed by atoms with Gasteiger partial charge in [-0.3, -0.25) is 9.59 Å². The zero-order valence-corrected chi connectivity index (χ0v) is 16.1. The largest absolute Gasteiger partial charge is 0.350 e. The van der Waals surface area contributed by atoms with Crippen LogP contribution >= 0.6 is 34.5 Å². The Hall–Kier alpha value is -2.15. The van der Waals surface area contributed by atoms with E-state index >= 15 is 0 Å². The number of thiophene rings is 1. The number of carbonyl (C=O) groups is 1. The number of nitrogens with zero attached hydrogens (tertiary/aromatic N) is 2. The summed E-state index contributed by atoms with van der Waals surface area (Å²) >= 11 is 13.6. The third-order valence-electron chi connectivity index (χ3n) is 3.76. The highest BCUT2D eigenvalue weighted by molar-refractivity contribution is 7.13. The normalized spacial score (nSPS) is 12.0. The van der Waals surface area contributed by atoms with Gasteiger partial charge in [0.25, 0.3) is 11.5 Å². The SMILES string of the molecule is CC(CNC(=O)c1c(Cl)cccc1Cl)n1nc(-c2cccs2)ccc1=O. The summed E-state index contributed by atoms with van der Waals surface area (Å²) in [7, 11) is 0. The minimum atomic E-state index is -0.394. The molecule has 0 spiro atoms. The summed E-state index contributed by atoms with van der Waals surface area (Å²) in [6, 6.07) is 11.6. The van der Waals surface area contributed by atoms with Crippen molar-refractivity contribution in [3.05, 3.63) is 73.8 Å². The molecule has 0 bridgehead atoms. The molecule has 3 rings (SSSR count). The second-order valence-corrected chi connectivity index (χ2v) is 7.40. The van der Waals surface area contributed by atoms with Crippen LogP contribution in [0, 0.1) is 0 Å². The third kappa shape index (κ3) is 3.98. The lowest BCUT2D eigenvalue weighted by Crippen LogP contribution is -2.35. The van der Waals surface area contributed by atoms with Crippen molar-refractivity contribution >= 4 is 40.4 Å². The second kappa shape index (κ2) is 8.03. The fourth-order valence-electron chi connectivity index (χ4n) is 2.43. The van der Waals surface area contributed by atoms with Crippen molar-refractivity contribution in [2.45, 2.75) is 13.0 Å². The molecule has 1 unspecified atom stereocenters. The van der Waals surface area contributed by atoms with E-state index in [1.807, 2.05) is 17.5 Å². The molecular formula is C18H15Cl2N3O2S. The van der Waals surface area contributed by atoms with E-state index in [-0.39, 0.29) is 33.8 Å². The molecule has 8 heteroatoms. The maximum atomic E-state index is 12.4. The van der Waals surface area contributed by atoms with E-state index < -0.39 is 5.91 Å². The molecule has 1 amide bonds. The van der Waals surface area contributed by atoms with Crippen LogP contribution in [0.1, 0.15) is 23.3 Å². The summed E-state index contributed by atoms with van der Waals surface area (Å²) in [5, 5.41) is 9.67. The van der Waals surface area contributed by atoms with Gasteiger partial charge in [-0.05, 0) is 36.6 Å². The van der Waals surface area contributed by atoms with E-state index in [0.717, 1.165) is 4.88 Å². The van der Waals surface area contributed by atoms with Crippen molar-refractivity contribution in [3.8, 4) is 10.6 Å². The highest BCUT2D eigenvalue weighted by Crippen LogP contribution is 2.24. The van der Waals surface area contributed by atoms with Crippen molar-refractivity contribution in [2.75, 3.05) is 6.54 Å². The lowest BCUT2D eigenvalue weighted by atomic mass is 10.2. The van der Waals surface area contributed by atoms with Crippen LogP contribution in [0.15, 0.2) is 52.6 Å². The quantitative estimate of drug-likeness (QED) is 0.686. The summed E-state index contributed by atoms with van der Waals surface area (Å²) in [5.41, 5.74) is 0.699. The Bertz CT molecular complexity index is 966. The van der Waals surface area contributed by atoms with Crippen LogP contribution in [0.5, 0.6) is 0 Å². The molecule has 134 valence electrons. The van der Waals surface area contributed by atoms with E-state index in [9.17, 15) is 9.59 Å². The lowest BCUT2D eigenvalue weighted by molar-refractivity contribution is 0.0948. The lowest BCUT2D eigenvalue weighted by Gasteiger charge is -2.16. The summed E-state index contributed by atoms with van der Waals surface area (Å²) < 4.78 is 1.36. The average molecular weight is 408 g/mol. The standard InChI is InChI=1S/C18H15Cl2N3O2S/c1-11(10-21-18(25)17-12(19)4-2-5-13(17)20)23-16(24)8-7-14(22-23)15-6-3-9-26-15/h2-9,11H,10H2,1H3,(H,21,25). The first-order valence-electron chi connectivity index (χ1n) is 7.83. The number of halogens is 2. The predicted octanol–water partition coefficient (Wildman–Crippen LogP) is 4.27. The number of hydrogen-bond acceptors (Lipinski definition) is 4. The van der Waals surface area contributed by atoms with Gasteiger partial charge in [-0.1, -0.05) is 35.3 Å². The van der Waals surface area contributed by atoms with E-state index in [2.05, 4.69) is 10.4 Å². The first-order chi connectivity index (χ1) is 12.5. The predicted molar refractivity (Wildman–Crippen MR) is 105 cm³/mol. The number of amides is 1. The Morgan fingerprint density at radius 2 is 1.92 bits per heavy atom. The number of nitrogens with one attached hydrogen (secondary N) is 1. The molecule has 0 aliphatic rings. The molecule has 26 heavy (non-hydrogen) atoms. The highest BCUT2D eigenvalue weighted by Gasteiger charge is 2.16. The van der Waals surface area contributed by atoms with Gasteiger partial charge in [0.1, 0.15) is 5.69 Å². The summed E-state index contributed by atoms with van der Waals surface area (Å²) in [5.74, 6) is -0.394. The molecule has 0 saturated heterocycles. The summed E-state index contributed by atoms with van der Waals surface area (Å²) in [6.07, 6.45) is 0. The first-order valence-corrected chi connectivity index (χ1v) is 9.47. The number of aromatic nitrogens is 2. The number of benzene rings is 1. The smallest absolute Gasteiger partial charge is 0.267 e. The van der Waals surface area contributed by atoms with Crippen LogP contribution in [0.3, 0.4) is 0 Å². The number of rotatable bonds is 5. The van der Waals surface area contributed by atoms with Crippen LogP contribution in [0.4, 0.5) is 0 Å². The van der Waals surface area contributed by atoms with Gasteiger partial charge in [-0.25, -0.2) is 4.68 Å². The van der Waals surface area contributed by atoms with Gasteiger partial charge in [0.05, 0.1) is 26.5 Å². The molecule has 0 aliphatic carbocycles. The van der Waals surface area contributed by atoms with Crippen LogP contribution in [-0.4, -0.2) is 22.2 Å². The van der Waals surface area contributed by atoms with Crippen molar-refractivity contribution < 1.29 is 4.79 Å². The molecule has 0 radical (unpaired) electrons. The van der Waals surface area contributed by atoms with Gasteiger partial charge in [0.2, 0.25) is 0 Å². The molecule has 3 aromatic rings. The van der Waals surface area contributed by atoms with E-state index in [0.29, 0.717) is 5.69 Å². The van der Waals surface area contributed by atoms with Crippen LogP contribution in [-0.2, 0) is 0 Å². The van der Waals surface area contributed by atoms with E-state index in [1.165, 1.54) is 10.7 Å². The summed E-state index contributed by atoms with van der Waals surface area (Å²) in [6.45, 7) is 2.02. The molecule has 0 aliphatic heterocycles. The molecular weight excluding hydrogens is 393 g/mol. The van der Waals surface area contributed by atoms with Crippen molar-refractivity contribution in [1.29, 1.82) is 0 Å². The van der Waals surface area contributed by atoms with E-state index in [4.69, 9.17) is 23.2 Å². The van der Waals surface area contributed by atoms with Crippen molar-refractivity contribution in [2.24, 2.45) is 0 Å². The molecule has 0 fully saturated rings. The summed E-state index contributed by atoms with van der Waals surface area (Å²) in [4.78, 5) is 25.5. The Morgan fingerprint density at radius 1 is 1.19 bits per heavy atom. The number of carbonyl (C=O) groups excluding carboxylic acids is 1. The van der Waals surface area contributed by atoms with Gasteiger partial charge in [-0.15, -0.1) is 11.3 Å². The van der Waals surface area contributed by atoms with Gasteiger partial charge in [0, 0.05) is 12.6 Å². The van der Waals surface area contributed by atoms with E-state index in [1.54, 1.807) is 42.5 Å². The molecule has 2 heterocycles. The highest BCUT2D eigenvalue weighted by atomic mass is 35.5. The fourth-order valence-corrected chi connectivity index (χ4v) is 3.69. The minimum Gasteiger partial charge on any atom is -0.350 e. The maximum absolute atomic E-state index is 12.4. The molecule has 5 nitrogen and oxygen atoms in total. The first kappa shape index (κ1) is 18.6. The zero-order chi connectivity index (χ0) is 18.7. The average Bonchev–Trinajstić information content (AvgIpc) is 3.14. The van der Waals surface area contributed by atoms with Crippen molar-refractivity contribution in [1.82, 2.24) is 15.1 Å². The van der Waals surface area contributed by atoms with Crippen LogP contribution in [0.2, 0.25) is 10.0 Å². The zero-order valence-electron chi connectivity index (χ0n) is 13.8. The van der Waals surface area contributed by atoms with Crippen LogP contribution in [0.25, 0.3) is 10.6 Å². The second-order valence-electron chi connectivity index (χ2n) is 5.63. The van der Waals surface area contributed by atoms with Crippen molar-refractivity contribution in [3.63, 3.8) is 0 Å². The third-order valence-corrected chi connectivity index (χ3v) is 5.29. The Kier molecular flexibility index (Phi) is 5.76. The molecule has 1 N–H and O–H groups in total. The molecule has 1 atom stereocenters. The minimum absolute atomic E-state index is 0.210. The van der Waals surface area contributed by atoms with Gasteiger partial charge < -0.3 is 5.32 Å². The Labute approximate surface area is 164 Å². The molecule has 2 aromatic heterocycles. The Balaban J connectivity index is 1.76. The fraction of sp³-hybridized carbons (Fsp3) is 0.167. The maximum Gasteiger partial charge on any atom is 0.267 e. The number of hydrogen-bond donors (Lipinski definition) is 1. The van der Waals surface area contributed by atoms with Gasteiger partial charge in [0.15, 0.2) is 0 Å².